The molecule has 2 heterocycles. The molecule has 2 aliphatic heterocycles. The Labute approximate surface area is 180 Å². The largest absolute Gasteiger partial charge is 0.490 e. The van der Waals surface area contributed by atoms with E-state index in [1.54, 1.807) is 0 Å². The molecule has 160 valence electrons. The Morgan fingerprint density at radius 2 is 1.93 bits per heavy atom. The van der Waals surface area contributed by atoms with Crippen LogP contribution < -0.4 is 14.9 Å². The number of benzene rings is 2. The Bertz CT molecular complexity index is 925. The van der Waals surface area contributed by atoms with Crippen molar-refractivity contribution in [1.29, 1.82) is 0 Å². The molecule has 1 N–H and O–H groups in total. The average molecular weight is 408 g/mol. The fourth-order valence-corrected chi connectivity index (χ4v) is 4.42. The first kappa shape index (κ1) is 20.7. The number of likely N-dealkylation sites (tertiary alicyclic amines) is 1. The van der Waals surface area contributed by atoms with E-state index in [9.17, 15) is 0 Å². The van der Waals surface area contributed by atoms with Crippen LogP contribution in [0.15, 0.2) is 41.5 Å². The summed E-state index contributed by atoms with van der Waals surface area (Å²) in [6.45, 7) is 12.9. The molecular formula is C25H33N3O2. The Hall–Kier alpha value is -2.53. The van der Waals surface area contributed by atoms with Crippen molar-refractivity contribution >= 4 is 5.71 Å². The van der Waals surface area contributed by atoms with Gasteiger partial charge in [-0.05, 0) is 56.1 Å². The van der Waals surface area contributed by atoms with E-state index in [0.717, 1.165) is 37.6 Å². The van der Waals surface area contributed by atoms with Gasteiger partial charge in [-0.15, -0.1) is 0 Å². The first-order chi connectivity index (χ1) is 14.6. The lowest BCUT2D eigenvalue weighted by Crippen LogP contribution is -2.41. The molecule has 0 aliphatic carbocycles. The summed E-state index contributed by atoms with van der Waals surface area (Å²) in [5.41, 5.74) is 9.59. The number of hydrazone groups is 1. The molecule has 5 heteroatoms. The van der Waals surface area contributed by atoms with Gasteiger partial charge in [0.25, 0.3) is 0 Å². The number of aryl methyl sites for hydroxylation is 2. The van der Waals surface area contributed by atoms with Gasteiger partial charge in [0.15, 0.2) is 11.5 Å². The summed E-state index contributed by atoms with van der Waals surface area (Å²) >= 11 is 0. The van der Waals surface area contributed by atoms with Crippen molar-refractivity contribution in [3.8, 4) is 11.5 Å². The van der Waals surface area contributed by atoms with Gasteiger partial charge in [0, 0.05) is 31.1 Å². The monoisotopic (exact) mass is 407 g/mol. The maximum atomic E-state index is 6.19. The van der Waals surface area contributed by atoms with Crippen molar-refractivity contribution in [2.24, 2.45) is 11.0 Å². The predicted molar refractivity (Wildman–Crippen MR) is 121 cm³/mol. The van der Waals surface area contributed by atoms with Crippen LogP contribution in [0.3, 0.4) is 0 Å². The summed E-state index contributed by atoms with van der Waals surface area (Å²) in [7, 11) is 0. The van der Waals surface area contributed by atoms with Gasteiger partial charge < -0.3 is 19.8 Å². The van der Waals surface area contributed by atoms with E-state index in [2.05, 4.69) is 66.5 Å². The summed E-state index contributed by atoms with van der Waals surface area (Å²) in [6.07, 6.45) is 1.05. The molecule has 0 spiro atoms. The molecule has 30 heavy (non-hydrogen) atoms. The molecule has 0 radical (unpaired) electrons. The van der Waals surface area contributed by atoms with Crippen molar-refractivity contribution in [2.45, 2.75) is 46.8 Å². The number of hydrogen-bond donors (Lipinski definition) is 1. The first-order valence-electron chi connectivity index (χ1n) is 11.1. The summed E-state index contributed by atoms with van der Waals surface area (Å²) in [4.78, 5) is 2.51. The Morgan fingerprint density at radius 1 is 1.07 bits per heavy atom. The topological polar surface area (TPSA) is 46.1 Å². The summed E-state index contributed by atoms with van der Waals surface area (Å²) in [5.74, 6) is 2.02. The Morgan fingerprint density at radius 3 is 2.73 bits per heavy atom. The van der Waals surface area contributed by atoms with Crippen LogP contribution in [0, 0.1) is 19.8 Å². The number of nitrogens with zero attached hydrogens (tertiary/aromatic N) is 2. The molecule has 2 unspecified atom stereocenters. The van der Waals surface area contributed by atoms with Crippen molar-refractivity contribution in [3.05, 3.63) is 58.7 Å². The van der Waals surface area contributed by atoms with Gasteiger partial charge in [0.2, 0.25) is 0 Å². The van der Waals surface area contributed by atoms with Crippen LogP contribution in [-0.2, 0) is 6.61 Å². The van der Waals surface area contributed by atoms with Crippen LogP contribution in [0.25, 0.3) is 0 Å². The molecule has 0 amide bonds. The van der Waals surface area contributed by atoms with Crippen LogP contribution in [0.4, 0.5) is 0 Å². The van der Waals surface area contributed by atoms with Gasteiger partial charge in [-0.2, -0.15) is 5.10 Å². The molecule has 0 bridgehead atoms. The highest BCUT2D eigenvalue weighted by molar-refractivity contribution is 5.90. The smallest absolute Gasteiger partial charge is 0.161 e. The normalized spacial score (nSPS) is 21.0. The quantitative estimate of drug-likeness (QED) is 0.727. The number of piperidine rings is 1. The van der Waals surface area contributed by atoms with E-state index >= 15 is 0 Å². The van der Waals surface area contributed by atoms with E-state index < -0.39 is 0 Å². The van der Waals surface area contributed by atoms with Crippen LogP contribution in [0.1, 0.15) is 48.6 Å². The van der Waals surface area contributed by atoms with Crippen molar-refractivity contribution in [3.63, 3.8) is 0 Å². The van der Waals surface area contributed by atoms with Crippen LogP contribution in [0.5, 0.6) is 11.5 Å². The number of ether oxygens (including phenoxy) is 2. The second kappa shape index (κ2) is 9.09. The second-order valence-electron chi connectivity index (χ2n) is 8.32. The number of fused-ring (bicyclic) bond motifs is 1. The highest BCUT2D eigenvalue weighted by Gasteiger charge is 2.36. The van der Waals surface area contributed by atoms with Crippen molar-refractivity contribution in [2.75, 3.05) is 26.2 Å². The third kappa shape index (κ3) is 4.31. The molecule has 0 saturated carbocycles. The minimum Gasteiger partial charge on any atom is -0.490 e. The third-order valence-electron chi connectivity index (χ3n) is 6.28. The lowest BCUT2D eigenvalue weighted by atomic mass is 9.86. The lowest BCUT2D eigenvalue weighted by molar-refractivity contribution is 0.238. The molecule has 4 rings (SSSR count). The minimum absolute atomic E-state index is 0.196. The minimum atomic E-state index is 0.196. The van der Waals surface area contributed by atoms with E-state index in [1.165, 1.54) is 28.0 Å². The fraction of sp³-hybridized carbons (Fsp3) is 0.480. The van der Waals surface area contributed by atoms with Gasteiger partial charge >= 0.3 is 0 Å². The van der Waals surface area contributed by atoms with Gasteiger partial charge in [-0.25, -0.2) is 0 Å². The second-order valence-corrected chi connectivity index (χ2v) is 8.32. The number of rotatable bonds is 7. The molecule has 2 atom stereocenters. The highest BCUT2D eigenvalue weighted by Crippen LogP contribution is 2.37. The van der Waals surface area contributed by atoms with E-state index in [4.69, 9.17) is 9.47 Å². The van der Waals surface area contributed by atoms with Gasteiger partial charge in [0.1, 0.15) is 6.61 Å². The number of nitrogens with one attached hydrogen (secondary N) is 1. The molecule has 1 fully saturated rings. The molecule has 5 nitrogen and oxygen atoms in total. The fourth-order valence-electron chi connectivity index (χ4n) is 4.42. The zero-order valence-electron chi connectivity index (χ0n) is 18.6. The molecule has 1 saturated heterocycles. The van der Waals surface area contributed by atoms with Crippen LogP contribution >= 0.6 is 0 Å². The summed E-state index contributed by atoms with van der Waals surface area (Å²) in [5, 5.41) is 4.64. The van der Waals surface area contributed by atoms with Crippen LogP contribution in [-0.4, -0.2) is 36.9 Å². The predicted octanol–water partition coefficient (Wildman–Crippen LogP) is 4.62. The average Bonchev–Trinajstić information content (AvgIpc) is 3.18. The zero-order valence-corrected chi connectivity index (χ0v) is 18.6. The molecular weight excluding hydrogens is 374 g/mol. The van der Waals surface area contributed by atoms with E-state index in [0.29, 0.717) is 19.1 Å². The summed E-state index contributed by atoms with van der Waals surface area (Å²) < 4.78 is 12.1. The van der Waals surface area contributed by atoms with Crippen molar-refractivity contribution < 1.29 is 9.47 Å². The molecule has 2 aliphatic rings. The van der Waals surface area contributed by atoms with Gasteiger partial charge in [-0.1, -0.05) is 36.8 Å². The maximum absolute atomic E-state index is 6.19. The molecule has 0 aromatic heterocycles. The number of hydrogen-bond acceptors (Lipinski definition) is 5. The Kier molecular flexibility index (Phi) is 6.28. The third-order valence-corrected chi connectivity index (χ3v) is 6.28. The SMILES string of the molecule is CCOc1cc(C2NN=C3CCN(CC)CC32)ccc1OCc1cc(C)ccc1C. The highest BCUT2D eigenvalue weighted by atomic mass is 16.5. The van der Waals surface area contributed by atoms with Gasteiger partial charge in [-0.3, -0.25) is 0 Å². The zero-order chi connectivity index (χ0) is 21.1. The Balaban J connectivity index is 1.52. The van der Waals surface area contributed by atoms with Gasteiger partial charge in [0.05, 0.1) is 12.6 Å². The lowest BCUT2D eigenvalue weighted by Gasteiger charge is -2.33. The first-order valence-corrected chi connectivity index (χ1v) is 11.1. The standard InChI is InChI=1S/C25H33N3O2/c1-5-28-12-11-22-21(15-28)25(27-26-22)19-9-10-23(24(14-19)29-6-2)30-16-20-13-17(3)7-8-18(20)4/h7-10,13-14,21,25,27H,5-6,11-12,15-16H2,1-4H3. The molecule has 2 aromatic carbocycles. The van der Waals surface area contributed by atoms with Crippen LogP contribution in [0.2, 0.25) is 0 Å². The maximum Gasteiger partial charge on any atom is 0.161 e. The van der Waals surface area contributed by atoms with E-state index in [-0.39, 0.29) is 6.04 Å². The molecule has 2 aromatic rings. The van der Waals surface area contributed by atoms with Crippen molar-refractivity contribution in [1.82, 2.24) is 10.3 Å². The summed E-state index contributed by atoms with van der Waals surface area (Å²) in [6, 6.07) is 13.0. The van der Waals surface area contributed by atoms with E-state index in [1.807, 2.05) is 13.0 Å².